The molecule has 0 radical (unpaired) electrons. The van der Waals surface area contributed by atoms with Crippen molar-refractivity contribution in [1.82, 2.24) is 10.6 Å². The van der Waals surface area contributed by atoms with Crippen LogP contribution in [-0.2, 0) is 14.3 Å². The van der Waals surface area contributed by atoms with Gasteiger partial charge in [0.2, 0.25) is 5.91 Å². The van der Waals surface area contributed by atoms with E-state index < -0.39 is 0 Å². The van der Waals surface area contributed by atoms with Gasteiger partial charge in [0.15, 0.2) is 0 Å². The molecular weight excluding hydrogens is 228 g/mol. The van der Waals surface area contributed by atoms with Gasteiger partial charge >= 0.3 is 0 Å². The van der Waals surface area contributed by atoms with Crippen molar-refractivity contribution in [1.29, 1.82) is 0 Å². The van der Waals surface area contributed by atoms with E-state index in [4.69, 9.17) is 9.47 Å². The van der Waals surface area contributed by atoms with E-state index in [-0.39, 0.29) is 11.9 Å². The van der Waals surface area contributed by atoms with E-state index in [0.29, 0.717) is 26.4 Å². The van der Waals surface area contributed by atoms with Crippen molar-refractivity contribution in [3.63, 3.8) is 0 Å². The van der Waals surface area contributed by atoms with Gasteiger partial charge in [-0.05, 0) is 0 Å². The van der Waals surface area contributed by atoms with Crippen LogP contribution in [0.5, 0.6) is 0 Å². The summed E-state index contributed by atoms with van der Waals surface area (Å²) in [7, 11) is 1.64. The smallest absolute Gasteiger partial charge is 0.238 e. The minimum atomic E-state index is -0.0438. The largest absolute Gasteiger partial charge is 0.382 e. The lowest BCUT2D eigenvalue weighted by molar-refractivity contribution is -0.122. The fourth-order valence-electron chi connectivity index (χ4n) is 1.35. The lowest BCUT2D eigenvalue weighted by Crippen LogP contribution is -2.49. The summed E-state index contributed by atoms with van der Waals surface area (Å²) in [5.74, 6) is 2.02. The maximum Gasteiger partial charge on any atom is 0.238 e. The van der Waals surface area contributed by atoms with Crippen molar-refractivity contribution in [3.05, 3.63) is 0 Å². The molecule has 94 valence electrons. The van der Waals surface area contributed by atoms with Crippen LogP contribution in [0.2, 0.25) is 0 Å². The van der Waals surface area contributed by atoms with E-state index in [2.05, 4.69) is 10.6 Å². The standard InChI is InChI=1S/C10H20N2O3S/c1-14-5-6-15-4-2-12-10(13)9-8-16-7-3-11-9/h9,11H,2-8H2,1H3,(H,12,13). The topological polar surface area (TPSA) is 59.6 Å². The number of amides is 1. The van der Waals surface area contributed by atoms with E-state index in [1.165, 1.54) is 0 Å². The van der Waals surface area contributed by atoms with Crippen molar-refractivity contribution >= 4 is 17.7 Å². The molecule has 1 fully saturated rings. The Labute approximate surface area is 101 Å². The van der Waals surface area contributed by atoms with E-state index in [0.717, 1.165) is 18.1 Å². The Bertz CT molecular complexity index is 199. The second-order valence-electron chi connectivity index (χ2n) is 3.48. The SMILES string of the molecule is COCCOCCNC(=O)C1CSCCN1. The van der Waals surface area contributed by atoms with Gasteiger partial charge in [-0.1, -0.05) is 0 Å². The van der Waals surface area contributed by atoms with Gasteiger partial charge in [0.1, 0.15) is 0 Å². The Hall–Kier alpha value is -0.300. The van der Waals surface area contributed by atoms with Gasteiger partial charge in [0.25, 0.3) is 0 Å². The molecule has 1 heterocycles. The quantitative estimate of drug-likeness (QED) is 0.593. The van der Waals surface area contributed by atoms with Crippen LogP contribution in [0.15, 0.2) is 0 Å². The Morgan fingerprint density at radius 3 is 3.06 bits per heavy atom. The fourth-order valence-corrected chi connectivity index (χ4v) is 2.28. The highest BCUT2D eigenvalue weighted by molar-refractivity contribution is 7.99. The molecule has 1 unspecified atom stereocenters. The third-order valence-corrected chi connectivity index (χ3v) is 3.28. The van der Waals surface area contributed by atoms with Crippen molar-refractivity contribution < 1.29 is 14.3 Å². The van der Waals surface area contributed by atoms with Gasteiger partial charge in [-0.15, -0.1) is 0 Å². The van der Waals surface area contributed by atoms with E-state index in [9.17, 15) is 4.79 Å². The molecule has 6 heteroatoms. The van der Waals surface area contributed by atoms with Crippen molar-refractivity contribution in [3.8, 4) is 0 Å². The summed E-state index contributed by atoms with van der Waals surface area (Å²) in [4.78, 5) is 11.6. The van der Waals surface area contributed by atoms with Gasteiger partial charge in [-0.2, -0.15) is 11.8 Å². The molecule has 1 rings (SSSR count). The molecule has 1 saturated heterocycles. The fraction of sp³-hybridized carbons (Fsp3) is 0.900. The van der Waals surface area contributed by atoms with Crippen molar-refractivity contribution in [2.75, 3.05) is 51.5 Å². The molecule has 0 aromatic heterocycles. The molecule has 1 amide bonds. The zero-order valence-corrected chi connectivity index (χ0v) is 10.5. The Morgan fingerprint density at radius 1 is 1.50 bits per heavy atom. The predicted octanol–water partition coefficient (Wildman–Crippen LogP) is -0.529. The Kier molecular flexibility index (Phi) is 7.58. The predicted molar refractivity (Wildman–Crippen MR) is 64.8 cm³/mol. The molecule has 16 heavy (non-hydrogen) atoms. The van der Waals surface area contributed by atoms with Crippen molar-refractivity contribution in [2.24, 2.45) is 0 Å². The van der Waals surface area contributed by atoms with Crippen LogP contribution in [0.4, 0.5) is 0 Å². The molecule has 0 spiro atoms. The van der Waals surface area contributed by atoms with Crippen molar-refractivity contribution in [2.45, 2.75) is 6.04 Å². The molecule has 1 aliphatic heterocycles. The third-order valence-electron chi connectivity index (χ3n) is 2.22. The van der Waals surface area contributed by atoms with Crippen LogP contribution in [0.3, 0.4) is 0 Å². The molecule has 0 aromatic carbocycles. The van der Waals surface area contributed by atoms with Crippen LogP contribution in [0, 0.1) is 0 Å². The number of carbonyl (C=O) groups excluding carboxylic acids is 1. The number of nitrogens with one attached hydrogen (secondary N) is 2. The minimum absolute atomic E-state index is 0.0438. The molecule has 0 aromatic rings. The highest BCUT2D eigenvalue weighted by Gasteiger charge is 2.19. The van der Waals surface area contributed by atoms with E-state index in [1.54, 1.807) is 7.11 Å². The first-order valence-corrected chi connectivity index (χ1v) is 6.65. The summed E-state index contributed by atoms with van der Waals surface area (Å²) in [5, 5.41) is 6.04. The second-order valence-corrected chi connectivity index (χ2v) is 4.63. The highest BCUT2D eigenvalue weighted by Crippen LogP contribution is 2.07. The normalized spacial score (nSPS) is 20.7. The van der Waals surface area contributed by atoms with Crippen LogP contribution in [0.1, 0.15) is 0 Å². The first kappa shape index (κ1) is 13.8. The summed E-state index contributed by atoms with van der Waals surface area (Å²) in [6.07, 6.45) is 0. The molecule has 0 aliphatic carbocycles. The number of ether oxygens (including phenoxy) is 2. The average Bonchev–Trinajstić information content (AvgIpc) is 2.34. The molecular formula is C10H20N2O3S. The number of rotatable bonds is 7. The molecule has 1 atom stereocenters. The van der Waals surface area contributed by atoms with E-state index >= 15 is 0 Å². The molecule has 0 saturated carbocycles. The zero-order chi connectivity index (χ0) is 11.6. The highest BCUT2D eigenvalue weighted by atomic mass is 32.2. The van der Waals surface area contributed by atoms with Gasteiger partial charge in [-0.25, -0.2) is 0 Å². The maximum absolute atomic E-state index is 11.6. The van der Waals surface area contributed by atoms with Crippen LogP contribution in [-0.4, -0.2) is 63.5 Å². The van der Waals surface area contributed by atoms with Gasteiger partial charge in [-0.3, -0.25) is 4.79 Å². The summed E-state index contributed by atoms with van der Waals surface area (Å²) >= 11 is 1.81. The monoisotopic (exact) mass is 248 g/mol. The summed E-state index contributed by atoms with van der Waals surface area (Å²) in [5.41, 5.74) is 0. The van der Waals surface area contributed by atoms with Gasteiger partial charge < -0.3 is 20.1 Å². The molecule has 1 aliphatic rings. The number of hydrogen-bond acceptors (Lipinski definition) is 5. The Balaban J connectivity index is 1.97. The average molecular weight is 248 g/mol. The van der Waals surface area contributed by atoms with Gasteiger partial charge in [0, 0.05) is 31.7 Å². The van der Waals surface area contributed by atoms with Crippen LogP contribution >= 0.6 is 11.8 Å². The third kappa shape index (κ3) is 5.69. The van der Waals surface area contributed by atoms with Crippen LogP contribution < -0.4 is 10.6 Å². The summed E-state index contributed by atoms with van der Waals surface area (Å²) < 4.78 is 10.1. The number of thioether (sulfide) groups is 1. The van der Waals surface area contributed by atoms with Crippen LogP contribution in [0.25, 0.3) is 0 Å². The number of methoxy groups -OCH3 is 1. The zero-order valence-electron chi connectivity index (χ0n) is 9.66. The molecule has 2 N–H and O–H groups in total. The van der Waals surface area contributed by atoms with Gasteiger partial charge in [0.05, 0.1) is 25.9 Å². The minimum Gasteiger partial charge on any atom is -0.382 e. The first-order valence-electron chi connectivity index (χ1n) is 5.50. The first-order chi connectivity index (χ1) is 7.84. The maximum atomic E-state index is 11.6. The summed E-state index contributed by atoms with van der Waals surface area (Å²) in [6, 6.07) is -0.0438. The number of hydrogen-bond donors (Lipinski definition) is 2. The number of carbonyl (C=O) groups is 1. The lowest BCUT2D eigenvalue weighted by Gasteiger charge is -2.22. The Morgan fingerprint density at radius 2 is 2.38 bits per heavy atom. The van der Waals surface area contributed by atoms with E-state index in [1.807, 2.05) is 11.8 Å². The second kappa shape index (κ2) is 8.81. The lowest BCUT2D eigenvalue weighted by atomic mass is 10.3. The molecule has 0 bridgehead atoms. The summed E-state index contributed by atoms with van der Waals surface area (Å²) in [6.45, 7) is 3.17. The molecule has 5 nitrogen and oxygen atoms in total.